The van der Waals surface area contributed by atoms with E-state index in [-0.39, 0.29) is 18.5 Å². The van der Waals surface area contributed by atoms with Crippen molar-refractivity contribution < 1.29 is 14.3 Å². The fourth-order valence-corrected chi connectivity index (χ4v) is 2.66. The van der Waals surface area contributed by atoms with Crippen molar-refractivity contribution in [3.63, 3.8) is 0 Å². The van der Waals surface area contributed by atoms with Gasteiger partial charge in [-0.1, -0.05) is 32.0 Å². The van der Waals surface area contributed by atoms with Gasteiger partial charge in [0, 0.05) is 17.9 Å². The van der Waals surface area contributed by atoms with E-state index < -0.39 is 0 Å². The normalized spacial score (nSPS) is 13.2. The predicted molar refractivity (Wildman–Crippen MR) is 98.2 cm³/mol. The molecule has 2 aromatic rings. The van der Waals surface area contributed by atoms with Crippen molar-refractivity contribution in [3.8, 4) is 5.75 Å². The fourth-order valence-electron chi connectivity index (χ4n) is 2.66. The van der Waals surface area contributed by atoms with E-state index in [9.17, 15) is 9.59 Å². The highest BCUT2D eigenvalue weighted by molar-refractivity contribution is 6.02. The first-order chi connectivity index (χ1) is 12.0. The molecule has 3 amide bonds. The molecule has 0 bridgehead atoms. The number of hydrogen-bond donors (Lipinski definition) is 2. The summed E-state index contributed by atoms with van der Waals surface area (Å²) in [5.41, 5.74) is 1.99. The van der Waals surface area contributed by atoms with E-state index in [1.165, 1.54) is 0 Å². The SMILES string of the molecule is CC(C)CN1C(=O)COc2ccc(NC(=O)Nc3ccccc3)cc21. The number of urea groups is 1. The molecule has 0 saturated carbocycles. The van der Waals surface area contributed by atoms with Crippen LogP contribution in [0.3, 0.4) is 0 Å². The molecule has 0 aliphatic carbocycles. The van der Waals surface area contributed by atoms with Gasteiger partial charge in [0.05, 0.1) is 5.69 Å². The highest BCUT2D eigenvalue weighted by Crippen LogP contribution is 2.35. The van der Waals surface area contributed by atoms with Gasteiger partial charge in [-0.05, 0) is 36.2 Å². The Morgan fingerprint density at radius 3 is 2.56 bits per heavy atom. The third-order valence-electron chi connectivity index (χ3n) is 3.74. The molecule has 3 rings (SSSR count). The smallest absolute Gasteiger partial charge is 0.323 e. The number of carbonyl (C=O) groups is 2. The van der Waals surface area contributed by atoms with Crippen molar-refractivity contribution in [3.05, 3.63) is 48.5 Å². The Labute approximate surface area is 146 Å². The number of hydrogen-bond acceptors (Lipinski definition) is 3. The summed E-state index contributed by atoms with van der Waals surface area (Å²) in [6, 6.07) is 14.1. The Morgan fingerprint density at radius 2 is 1.84 bits per heavy atom. The summed E-state index contributed by atoms with van der Waals surface area (Å²) in [4.78, 5) is 26.0. The molecule has 0 radical (unpaired) electrons. The number of para-hydroxylation sites is 1. The van der Waals surface area contributed by atoms with Crippen molar-refractivity contribution in [1.29, 1.82) is 0 Å². The molecule has 6 heteroatoms. The van der Waals surface area contributed by atoms with E-state index in [2.05, 4.69) is 24.5 Å². The summed E-state index contributed by atoms with van der Waals surface area (Å²) >= 11 is 0. The first kappa shape index (κ1) is 16.8. The lowest BCUT2D eigenvalue weighted by molar-refractivity contribution is -0.121. The number of carbonyl (C=O) groups excluding carboxylic acids is 2. The minimum Gasteiger partial charge on any atom is -0.482 e. The molecule has 0 saturated heterocycles. The van der Waals surface area contributed by atoms with Gasteiger partial charge in [0.1, 0.15) is 5.75 Å². The first-order valence-corrected chi connectivity index (χ1v) is 8.23. The number of benzene rings is 2. The number of ether oxygens (including phenoxy) is 1. The zero-order valence-corrected chi connectivity index (χ0v) is 14.3. The molecule has 2 N–H and O–H groups in total. The van der Waals surface area contributed by atoms with Gasteiger partial charge in [-0.25, -0.2) is 4.79 Å². The standard InChI is InChI=1S/C19H21N3O3/c1-13(2)11-22-16-10-15(8-9-17(16)25-12-18(22)23)21-19(24)20-14-6-4-3-5-7-14/h3-10,13H,11-12H2,1-2H3,(H2,20,21,24). The molecule has 1 aliphatic heterocycles. The van der Waals surface area contributed by atoms with Crippen molar-refractivity contribution in [1.82, 2.24) is 0 Å². The molecule has 6 nitrogen and oxygen atoms in total. The van der Waals surface area contributed by atoms with Crippen LogP contribution >= 0.6 is 0 Å². The predicted octanol–water partition coefficient (Wildman–Crippen LogP) is 3.71. The highest BCUT2D eigenvalue weighted by Gasteiger charge is 2.26. The van der Waals surface area contributed by atoms with Gasteiger partial charge < -0.3 is 20.3 Å². The summed E-state index contributed by atoms with van der Waals surface area (Å²) in [6.45, 7) is 4.76. The van der Waals surface area contributed by atoms with Crippen molar-refractivity contribution >= 4 is 29.0 Å². The Balaban J connectivity index is 1.76. The Kier molecular flexibility index (Phi) is 4.88. The summed E-state index contributed by atoms with van der Waals surface area (Å²) in [5, 5.41) is 5.55. The molecule has 1 aliphatic rings. The molecular formula is C19H21N3O3. The highest BCUT2D eigenvalue weighted by atomic mass is 16.5. The fraction of sp³-hybridized carbons (Fsp3) is 0.263. The zero-order valence-electron chi connectivity index (χ0n) is 14.3. The third-order valence-corrected chi connectivity index (χ3v) is 3.74. The molecule has 0 fully saturated rings. The molecule has 0 atom stereocenters. The van der Waals surface area contributed by atoms with Crippen LogP contribution in [-0.4, -0.2) is 25.1 Å². The van der Waals surface area contributed by atoms with Gasteiger partial charge in [-0.3, -0.25) is 4.79 Å². The van der Waals surface area contributed by atoms with Crippen molar-refractivity contribution in [2.75, 3.05) is 28.7 Å². The van der Waals surface area contributed by atoms with Crippen molar-refractivity contribution in [2.45, 2.75) is 13.8 Å². The molecule has 0 spiro atoms. The summed E-state index contributed by atoms with van der Waals surface area (Å²) < 4.78 is 5.48. The minimum atomic E-state index is -0.343. The average molecular weight is 339 g/mol. The van der Waals surface area contributed by atoms with Crippen LogP contribution in [-0.2, 0) is 4.79 Å². The van der Waals surface area contributed by atoms with Gasteiger partial charge in [0.25, 0.3) is 5.91 Å². The van der Waals surface area contributed by atoms with Gasteiger partial charge in [-0.15, -0.1) is 0 Å². The van der Waals surface area contributed by atoms with E-state index in [0.29, 0.717) is 35.3 Å². The monoisotopic (exact) mass is 339 g/mol. The molecular weight excluding hydrogens is 318 g/mol. The van der Waals surface area contributed by atoms with Crippen LogP contribution in [0, 0.1) is 5.92 Å². The van der Waals surface area contributed by atoms with Crippen LogP contribution < -0.4 is 20.3 Å². The Hall–Kier alpha value is -3.02. The van der Waals surface area contributed by atoms with E-state index in [4.69, 9.17) is 4.74 Å². The quantitative estimate of drug-likeness (QED) is 0.892. The maximum absolute atomic E-state index is 12.2. The van der Waals surface area contributed by atoms with E-state index in [1.54, 1.807) is 23.1 Å². The molecule has 0 aromatic heterocycles. The lowest BCUT2D eigenvalue weighted by Gasteiger charge is -2.31. The van der Waals surface area contributed by atoms with Gasteiger partial charge in [0.15, 0.2) is 6.61 Å². The van der Waals surface area contributed by atoms with Crippen molar-refractivity contribution in [2.24, 2.45) is 5.92 Å². The maximum atomic E-state index is 12.2. The van der Waals surface area contributed by atoms with E-state index in [1.807, 2.05) is 30.3 Å². The second-order valence-corrected chi connectivity index (χ2v) is 6.31. The molecule has 25 heavy (non-hydrogen) atoms. The first-order valence-electron chi connectivity index (χ1n) is 8.23. The molecule has 1 heterocycles. The van der Waals surface area contributed by atoms with Crippen LogP contribution in [0.2, 0.25) is 0 Å². The van der Waals surface area contributed by atoms with Gasteiger partial charge in [0.2, 0.25) is 0 Å². The number of fused-ring (bicyclic) bond motifs is 1. The van der Waals surface area contributed by atoms with Crippen LogP contribution in [0.4, 0.5) is 21.9 Å². The number of rotatable bonds is 4. The van der Waals surface area contributed by atoms with Gasteiger partial charge >= 0.3 is 6.03 Å². The molecule has 2 aromatic carbocycles. The van der Waals surface area contributed by atoms with Crippen LogP contribution in [0.25, 0.3) is 0 Å². The maximum Gasteiger partial charge on any atom is 0.323 e. The van der Waals surface area contributed by atoms with Gasteiger partial charge in [-0.2, -0.15) is 0 Å². The molecule has 130 valence electrons. The summed E-state index contributed by atoms with van der Waals surface area (Å²) in [7, 11) is 0. The lowest BCUT2D eigenvalue weighted by atomic mass is 10.1. The topological polar surface area (TPSA) is 70.7 Å². The van der Waals surface area contributed by atoms with Crippen LogP contribution in [0.1, 0.15) is 13.8 Å². The zero-order chi connectivity index (χ0) is 17.8. The Morgan fingerprint density at radius 1 is 1.12 bits per heavy atom. The van der Waals surface area contributed by atoms with E-state index >= 15 is 0 Å². The minimum absolute atomic E-state index is 0.0426. The van der Waals surface area contributed by atoms with Crippen LogP contribution in [0.5, 0.6) is 5.75 Å². The summed E-state index contributed by atoms with van der Waals surface area (Å²) in [5.74, 6) is 0.897. The Bertz CT molecular complexity index is 775. The average Bonchev–Trinajstić information content (AvgIpc) is 2.58. The third kappa shape index (κ3) is 4.09. The number of amides is 3. The number of nitrogens with zero attached hydrogens (tertiary/aromatic N) is 1. The van der Waals surface area contributed by atoms with E-state index in [0.717, 1.165) is 0 Å². The van der Waals surface area contributed by atoms with Crippen LogP contribution in [0.15, 0.2) is 48.5 Å². The largest absolute Gasteiger partial charge is 0.482 e. The second-order valence-electron chi connectivity index (χ2n) is 6.31. The summed E-state index contributed by atoms with van der Waals surface area (Å²) in [6.07, 6.45) is 0. The lowest BCUT2D eigenvalue weighted by Crippen LogP contribution is -2.41. The number of anilines is 3. The molecule has 0 unspecified atom stereocenters. The number of nitrogens with one attached hydrogen (secondary N) is 2. The second kappa shape index (κ2) is 7.25.